The van der Waals surface area contributed by atoms with Crippen molar-refractivity contribution >= 4 is 24.0 Å². The predicted octanol–water partition coefficient (Wildman–Crippen LogP) is 1.26. The summed E-state index contributed by atoms with van der Waals surface area (Å²) in [5.74, 6) is -2.04. The van der Waals surface area contributed by atoms with Crippen LogP contribution in [-0.2, 0) is 6.61 Å². The van der Waals surface area contributed by atoms with Crippen LogP contribution in [0, 0.1) is 11.6 Å². The van der Waals surface area contributed by atoms with Crippen LogP contribution in [0.5, 0.6) is 5.75 Å². The molecule has 0 fully saturated rings. The molecule has 22 heavy (non-hydrogen) atoms. The van der Waals surface area contributed by atoms with E-state index in [1.807, 2.05) is 0 Å². The third-order valence-corrected chi connectivity index (χ3v) is 3.00. The number of hydrogen-bond donors (Lipinski definition) is 0. The minimum Gasteiger partial charge on any atom is -0.489 e. The molecule has 0 saturated heterocycles. The van der Waals surface area contributed by atoms with Crippen molar-refractivity contribution in [2.75, 3.05) is 0 Å². The number of rotatable bonds is 4. The molecule has 0 aliphatic heterocycles. The van der Waals surface area contributed by atoms with Gasteiger partial charge in [-0.3, -0.25) is 0 Å². The predicted molar refractivity (Wildman–Crippen MR) is 70.9 cm³/mol. The molecule has 0 amide bonds. The summed E-state index contributed by atoms with van der Waals surface area (Å²) in [5.41, 5.74) is -0.793. The van der Waals surface area contributed by atoms with Gasteiger partial charge in [-0.25, -0.2) is 8.78 Å². The molecule has 0 saturated carbocycles. The summed E-state index contributed by atoms with van der Waals surface area (Å²) in [6.07, 6.45) is 0. The second-order valence-electron chi connectivity index (χ2n) is 4.30. The van der Waals surface area contributed by atoms with E-state index >= 15 is 0 Å². The SMILES string of the molecule is Fc1ccc(COc2ccc([B-](F)(F)F)c(F)c2)cc1Cl.[K+]. The monoisotopic (exact) mass is 360 g/mol. The van der Waals surface area contributed by atoms with Gasteiger partial charge in [0, 0.05) is 6.07 Å². The van der Waals surface area contributed by atoms with Crippen LogP contribution in [0.2, 0.25) is 5.02 Å². The summed E-state index contributed by atoms with van der Waals surface area (Å²) in [7, 11) is 0. The fourth-order valence-electron chi connectivity index (χ4n) is 1.66. The Morgan fingerprint density at radius 2 is 1.64 bits per heavy atom. The Labute approximate surface area is 171 Å². The molecular weight excluding hydrogens is 352 g/mol. The molecule has 0 heterocycles. The van der Waals surface area contributed by atoms with E-state index in [2.05, 4.69) is 0 Å². The van der Waals surface area contributed by atoms with Crippen LogP contribution in [0.1, 0.15) is 5.56 Å². The third kappa shape index (κ3) is 5.21. The first-order valence-electron chi connectivity index (χ1n) is 5.83. The van der Waals surface area contributed by atoms with E-state index in [0.29, 0.717) is 17.7 Å². The van der Waals surface area contributed by atoms with Gasteiger partial charge >= 0.3 is 58.4 Å². The van der Waals surface area contributed by atoms with E-state index in [1.54, 1.807) is 0 Å². The minimum atomic E-state index is -5.40. The van der Waals surface area contributed by atoms with Crippen LogP contribution in [0.15, 0.2) is 36.4 Å². The molecule has 2 rings (SSSR count). The maximum absolute atomic E-state index is 13.3. The summed E-state index contributed by atoms with van der Waals surface area (Å²) in [5, 5.41) is -0.0996. The Hall–Kier alpha value is -0.119. The van der Waals surface area contributed by atoms with Crippen molar-refractivity contribution in [2.24, 2.45) is 0 Å². The number of benzene rings is 2. The fraction of sp³-hybridized carbons (Fsp3) is 0.0769. The van der Waals surface area contributed by atoms with E-state index in [0.717, 1.165) is 12.1 Å². The first-order valence-corrected chi connectivity index (χ1v) is 6.21. The molecule has 9 heteroatoms. The maximum Gasteiger partial charge on any atom is 1.00 e. The van der Waals surface area contributed by atoms with Gasteiger partial charge in [-0.2, -0.15) is 0 Å². The third-order valence-electron chi connectivity index (χ3n) is 2.71. The Kier molecular flexibility index (Phi) is 7.36. The van der Waals surface area contributed by atoms with Gasteiger partial charge in [0.1, 0.15) is 18.2 Å². The van der Waals surface area contributed by atoms with Crippen LogP contribution >= 0.6 is 11.6 Å². The topological polar surface area (TPSA) is 9.23 Å². The standard InChI is InChI=1S/C13H8BClF5O.K/c15-11-5-8(1-4-12(11)16)7-21-9-2-3-10(13(17)6-9)14(18,19)20;/h1-6H,7H2;/q-1;+1. The van der Waals surface area contributed by atoms with Crippen molar-refractivity contribution < 1.29 is 77.8 Å². The number of halogens is 6. The largest absolute Gasteiger partial charge is 1.00 e. The Morgan fingerprint density at radius 1 is 0.955 bits per heavy atom. The van der Waals surface area contributed by atoms with E-state index in [1.165, 1.54) is 12.1 Å². The summed E-state index contributed by atoms with van der Waals surface area (Å²) < 4.78 is 68.8. The maximum atomic E-state index is 13.3. The zero-order valence-corrected chi connectivity index (χ0v) is 15.3. The summed E-state index contributed by atoms with van der Waals surface area (Å²) in [6, 6.07) is 6.18. The minimum absolute atomic E-state index is 0. The van der Waals surface area contributed by atoms with Gasteiger partial charge in [-0.1, -0.05) is 29.2 Å². The van der Waals surface area contributed by atoms with E-state index < -0.39 is 24.1 Å². The summed E-state index contributed by atoms with van der Waals surface area (Å²) in [4.78, 5) is 0. The smallest absolute Gasteiger partial charge is 0.489 e. The zero-order chi connectivity index (χ0) is 15.6. The van der Waals surface area contributed by atoms with Gasteiger partial charge < -0.3 is 17.7 Å². The molecule has 0 unspecified atom stereocenters. The molecule has 0 aliphatic carbocycles. The van der Waals surface area contributed by atoms with Crippen LogP contribution < -0.4 is 61.6 Å². The molecule has 0 spiro atoms. The molecule has 2 aromatic rings. The number of hydrogen-bond acceptors (Lipinski definition) is 1. The second kappa shape index (κ2) is 8.12. The first kappa shape index (κ1) is 19.9. The quantitative estimate of drug-likeness (QED) is 0.589. The summed E-state index contributed by atoms with van der Waals surface area (Å²) in [6.45, 7) is -5.48. The van der Waals surface area contributed by atoms with Crippen LogP contribution in [0.25, 0.3) is 0 Å². The van der Waals surface area contributed by atoms with Gasteiger partial charge in [0.2, 0.25) is 0 Å². The molecule has 2 aromatic carbocycles. The average molecular weight is 361 g/mol. The van der Waals surface area contributed by atoms with Gasteiger partial charge in [0.15, 0.2) is 0 Å². The first-order chi connectivity index (χ1) is 9.77. The molecule has 0 N–H and O–H groups in total. The van der Waals surface area contributed by atoms with Gasteiger partial charge in [0.05, 0.1) is 10.8 Å². The molecule has 0 aliphatic rings. The molecule has 1 nitrogen and oxygen atoms in total. The molecule has 0 bridgehead atoms. The molecule has 0 radical (unpaired) electrons. The normalized spacial score (nSPS) is 11.0. The Balaban J connectivity index is 0.00000242. The zero-order valence-electron chi connectivity index (χ0n) is 11.4. The fourth-order valence-corrected chi connectivity index (χ4v) is 1.86. The average Bonchev–Trinajstić information content (AvgIpc) is 2.39. The molecule has 112 valence electrons. The van der Waals surface area contributed by atoms with Crippen molar-refractivity contribution in [1.29, 1.82) is 0 Å². The van der Waals surface area contributed by atoms with Crippen molar-refractivity contribution in [3.63, 3.8) is 0 Å². The molecule has 0 atom stereocenters. The Morgan fingerprint density at radius 3 is 2.18 bits per heavy atom. The Bertz CT molecular complexity index is 665. The van der Waals surface area contributed by atoms with E-state index in [9.17, 15) is 21.7 Å². The van der Waals surface area contributed by atoms with Crippen molar-refractivity contribution in [2.45, 2.75) is 6.61 Å². The van der Waals surface area contributed by atoms with Crippen LogP contribution in [0.3, 0.4) is 0 Å². The molecule has 0 aromatic heterocycles. The van der Waals surface area contributed by atoms with Gasteiger partial charge in [-0.05, 0) is 23.8 Å². The van der Waals surface area contributed by atoms with Gasteiger partial charge in [-0.15, -0.1) is 0 Å². The second-order valence-corrected chi connectivity index (χ2v) is 4.70. The van der Waals surface area contributed by atoms with E-state index in [-0.39, 0.29) is 68.8 Å². The van der Waals surface area contributed by atoms with E-state index in [4.69, 9.17) is 16.3 Å². The van der Waals surface area contributed by atoms with Crippen molar-refractivity contribution in [3.05, 3.63) is 58.6 Å². The van der Waals surface area contributed by atoms with Crippen molar-refractivity contribution in [3.8, 4) is 5.75 Å². The van der Waals surface area contributed by atoms with Gasteiger partial charge in [0.25, 0.3) is 0 Å². The van der Waals surface area contributed by atoms with Crippen LogP contribution in [-0.4, -0.2) is 6.98 Å². The van der Waals surface area contributed by atoms with Crippen molar-refractivity contribution in [1.82, 2.24) is 0 Å². The molecular formula is C13H8BClF5KO. The summed E-state index contributed by atoms with van der Waals surface area (Å²) >= 11 is 5.58. The number of ether oxygens (including phenoxy) is 1. The van der Waals surface area contributed by atoms with Crippen LogP contribution in [0.4, 0.5) is 21.7 Å².